The van der Waals surface area contributed by atoms with Crippen molar-refractivity contribution in [2.75, 3.05) is 45.9 Å². The maximum Gasteiger partial charge on any atom is 0.0829 e. The van der Waals surface area contributed by atoms with Gasteiger partial charge in [-0.05, 0) is 38.9 Å². The fourth-order valence-electron chi connectivity index (χ4n) is 3.09. The van der Waals surface area contributed by atoms with Gasteiger partial charge in [0.1, 0.15) is 0 Å². The van der Waals surface area contributed by atoms with Crippen LogP contribution in [-0.2, 0) is 4.74 Å². The molecule has 0 aromatic heterocycles. The van der Waals surface area contributed by atoms with Crippen LogP contribution < -0.4 is 5.73 Å². The summed E-state index contributed by atoms with van der Waals surface area (Å²) in [5.74, 6) is 0. The van der Waals surface area contributed by atoms with Gasteiger partial charge >= 0.3 is 0 Å². The minimum absolute atomic E-state index is 0.405. The van der Waals surface area contributed by atoms with Crippen molar-refractivity contribution in [3.8, 4) is 0 Å². The van der Waals surface area contributed by atoms with Crippen LogP contribution in [0.4, 0.5) is 0 Å². The molecule has 0 saturated carbocycles. The Morgan fingerprint density at radius 2 is 2.24 bits per heavy atom. The molecule has 2 rings (SSSR count). The summed E-state index contributed by atoms with van der Waals surface area (Å²) in [6.45, 7) is 9.61. The molecule has 0 radical (unpaired) electrons. The summed E-state index contributed by atoms with van der Waals surface area (Å²) in [6, 6.07) is 0.709. The van der Waals surface area contributed by atoms with Gasteiger partial charge in [-0.3, -0.25) is 9.80 Å². The van der Waals surface area contributed by atoms with Crippen molar-refractivity contribution in [2.24, 2.45) is 5.73 Å². The lowest BCUT2D eigenvalue weighted by molar-refractivity contribution is -0.0435. The minimum atomic E-state index is 0.405. The van der Waals surface area contributed by atoms with Gasteiger partial charge in [0.15, 0.2) is 0 Å². The van der Waals surface area contributed by atoms with Crippen molar-refractivity contribution in [1.82, 2.24) is 9.80 Å². The number of morpholine rings is 1. The first-order chi connectivity index (χ1) is 8.33. The van der Waals surface area contributed by atoms with Crippen molar-refractivity contribution in [2.45, 2.75) is 38.3 Å². The van der Waals surface area contributed by atoms with E-state index in [2.05, 4.69) is 16.7 Å². The van der Waals surface area contributed by atoms with Crippen LogP contribution in [0.5, 0.6) is 0 Å². The van der Waals surface area contributed by atoms with E-state index in [0.29, 0.717) is 12.1 Å². The number of rotatable bonds is 5. The smallest absolute Gasteiger partial charge is 0.0829 e. The highest BCUT2D eigenvalue weighted by molar-refractivity contribution is 4.83. The van der Waals surface area contributed by atoms with E-state index in [0.717, 1.165) is 45.8 Å². The van der Waals surface area contributed by atoms with Crippen LogP contribution in [0.3, 0.4) is 0 Å². The summed E-state index contributed by atoms with van der Waals surface area (Å²) < 4.78 is 5.88. The van der Waals surface area contributed by atoms with E-state index in [1.807, 2.05) is 0 Å². The van der Waals surface area contributed by atoms with Crippen LogP contribution in [-0.4, -0.2) is 67.8 Å². The molecular weight excluding hydrogens is 214 g/mol. The zero-order valence-corrected chi connectivity index (χ0v) is 11.1. The fourth-order valence-corrected chi connectivity index (χ4v) is 3.09. The van der Waals surface area contributed by atoms with Crippen LogP contribution in [0.2, 0.25) is 0 Å². The number of likely N-dealkylation sites (tertiary alicyclic amines) is 1. The Morgan fingerprint density at radius 3 is 3.00 bits per heavy atom. The zero-order chi connectivity index (χ0) is 12.1. The number of hydrogen-bond acceptors (Lipinski definition) is 4. The molecule has 2 saturated heterocycles. The van der Waals surface area contributed by atoms with E-state index in [-0.39, 0.29) is 0 Å². The summed E-state index contributed by atoms with van der Waals surface area (Å²) >= 11 is 0. The van der Waals surface area contributed by atoms with E-state index in [9.17, 15) is 0 Å². The molecule has 2 aliphatic heterocycles. The molecule has 0 aromatic rings. The van der Waals surface area contributed by atoms with Gasteiger partial charge in [-0.25, -0.2) is 0 Å². The normalized spacial score (nSPS) is 32.1. The highest BCUT2D eigenvalue weighted by Crippen LogP contribution is 2.21. The summed E-state index contributed by atoms with van der Waals surface area (Å²) in [5, 5.41) is 0. The van der Waals surface area contributed by atoms with Crippen molar-refractivity contribution in [1.29, 1.82) is 0 Å². The zero-order valence-electron chi connectivity index (χ0n) is 11.1. The Balaban J connectivity index is 1.79. The lowest BCUT2D eigenvalue weighted by Crippen LogP contribution is -2.48. The average molecular weight is 241 g/mol. The van der Waals surface area contributed by atoms with Crippen LogP contribution in [0.25, 0.3) is 0 Å². The number of ether oxygens (including phenoxy) is 1. The molecule has 0 spiro atoms. The molecule has 2 aliphatic rings. The molecule has 2 fully saturated rings. The molecule has 2 heterocycles. The van der Waals surface area contributed by atoms with Crippen LogP contribution in [0, 0.1) is 0 Å². The second-order valence-electron chi connectivity index (χ2n) is 5.25. The summed E-state index contributed by atoms with van der Waals surface area (Å²) in [4.78, 5) is 5.08. The maximum atomic E-state index is 5.88. The number of nitrogens with two attached hydrogens (primary N) is 1. The lowest BCUT2D eigenvalue weighted by Gasteiger charge is -2.35. The molecule has 4 nitrogen and oxygen atoms in total. The monoisotopic (exact) mass is 241 g/mol. The van der Waals surface area contributed by atoms with Crippen molar-refractivity contribution in [3.63, 3.8) is 0 Å². The highest BCUT2D eigenvalue weighted by atomic mass is 16.5. The Kier molecular flexibility index (Phi) is 5.22. The van der Waals surface area contributed by atoms with Gasteiger partial charge in [0.2, 0.25) is 0 Å². The minimum Gasteiger partial charge on any atom is -0.374 e. The molecule has 0 bridgehead atoms. The Morgan fingerprint density at radius 1 is 1.35 bits per heavy atom. The number of likely N-dealkylation sites (N-methyl/N-ethyl adjacent to an activating group) is 1. The third kappa shape index (κ3) is 3.65. The van der Waals surface area contributed by atoms with Crippen molar-refractivity contribution >= 4 is 0 Å². The van der Waals surface area contributed by atoms with Crippen LogP contribution in [0.15, 0.2) is 0 Å². The highest BCUT2D eigenvalue weighted by Gasteiger charge is 2.28. The first-order valence-electron chi connectivity index (χ1n) is 7.11. The van der Waals surface area contributed by atoms with Gasteiger partial charge in [-0.15, -0.1) is 0 Å². The first-order valence-corrected chi connectivity index (χ1v) is 7.11. The molecule has 4 heteroatoms. The van der Waals surface area contributed by atoms with Gasteiger partial charge in [0, 0.05) is 25.7 Å². The Bertz CT molecular complexity index is 225. The lowest BCUT2D eigenvalue weighted by atomic mass is 10.1. The van der Waals surface area contributed by atoms with Gasteiger partial charge in [0.25, 0.3) is 0 Å². The predicted molar refractivity (Wildman–Crippen MR) is 70.1 cm³/mol. The van der Waals surface area contributed by atoms with E-state index in [1.54, 1.807) is 0 Å². The molecule has 2 N–H and O–H groups in total. The average Bonchev–Trinajstić information content (AvgIpc) is 2.78. The summed E-state index contributed by atoms with van der Waals surface area (Å²) in [7, 11) is 0. The molecule has 0 amide bonds. The molecule has 17 heavy (non-hydrogen) atoms. The molecular formula is C13H27N3O. The Hall–Kier alpha value is -0.160. The maximum absolute atomic E-state index is 5.88. The van der Waals surface area contributed by atoms with Gasteiger partial charge in [0.05, 0.1) is 12.7 Å². The second kappa shape index (κ2) is 6.69. The van der Waals surface area contributed by atoms with Crippen LogP contribution >= 0.6 is 0 Å². The number of nitrogens with zero attached hydrogens (tertiary/aromatic N) is 2. The first kappa shape index (κ1) is 13.3. The SMILES string of the molecule is CCN1CCOC(CN2CCCC2CCN)C1. The van der Waals surface area contributed by atoms with E-state index < -0.39 is 0 Å². The van der Waals surface area contributed by atoms with Crippen LogP contribution in [0.1, 0.15) is 26.2 Å². The summed E-state index contributed by atoms with van der Waals surface area (Å²) in [6.07, 6.45) is 4.20. The fraction of sp³-hybridized carbons (Fsp3) is 1.00. The molecule has 0 aromatic carbocycles. The second-order valence-corrected chi connectivity index (χ2v) is 5.25. The predicted octanol–water partition coefficient (Wildman–Crippen LogP) is 0.520. The third-order valence-corrected chi connectivity index (χ3v) is 4.11. The number of hydrogen-bond donors (Lipinski definition) is 1. The van der Waals surface area contributed by atoms with E-state index >= 15 is 0 Å². The van der Waals surface area contributed by atoms with Crippen molar-refractivity contribution < 1.29 is 4.74 Å². The van der Waals surface area contributed by atoms with Crippen molar-refractivity contribution in [3.05, 3.63) is 0 Å². The summed E-state index contributed by atoms with van der Waals surface area (Å²) in [5.41, 5.74) is 5.68. The molecule has 100 valence electrons. The van der Waals surface area contributed by atoms with Gasteiger partial charge in [-0.1, -0.05) is 6.92 Å². The Labute approximate surface area is 105 Å². The van der Waals surface area contributed by atoms with Gasteiger partial charge < -0.3 is 10.5 Å². The molecule has 0 aliphatic carbocycles. The molecule has 2 atom stereocenters. The largest absolute Gasteiger partial charge is 0.374 e. The topological polar surface area (TPSA) is 41.7 Å². The molecule has 2 unspecified atom stereocenters. The van der Waals surface area contributed by atoms with E-state index in [4.69, 9.17) is 10.5 Å². The van der Waals surface area contributed by atoms with Gasteiger partial charge in [-0.2, -0.15) is 0 Å². The standard InChI is InChI=1S/C13H27N3O/c1-2-15-8-9-17-13(10-15)11-16-7-3-4-12(16)5-6-14/h12-13H,2-11,14H2,1H3. The third-order valence-electron chi connectivity index (χ3n) is 4.11. The quantitative estimate of drug-likeness (QED) is 0.762. The van der Waals surface area contributed by atoms with E-state index in [1.165, 1.54) is 19.4 Å².